The summed E-state index contributed by atoms with van der Waals surface area (Å²) in [6, 6.07) is 10.1. The zero-order valence-corrected chi connectivity index (χ0v) is 15.1. The van der Waals surface area contributed by atoms with Crippen molar-refractivity contribution in [3.05, 3.63) is 40.2 Å². The van der Waals surface area contributed by atoms with Crippen LogP contribution in [0.15, 0.2) is 35.2 Å². The summed E-state index contributed by atoms with van der Waals surface area (Å²) in [7, 11) is 1.69. The van der Waals surface area contributed by atoms with Gasteiger partial charge in [0.25, 0.3) is 5.91 Å². The first-order chi connectivity index (χ1) is 11.1. The minimum Gasteiger partial charge on any atom is -0.296 e. The van der Waals surface area contributed by atoms with E-state index in [-0.39, 0.29) is 5.91 Å². The van der Waals surface area contributed by atoms with Crippen LogP contribution < -0.4 is 0 Å². The van der Waals surface area contributed by atoms with Gasteiger partial charge in [0.05, 0.1) is 4.91 Å². The van der Waals surface area contributed by atoms with Crippen LogP contribution in [-0.4, -0.2) is 32.1 Å². The van der Waals surface area contributed by atoms with Crippen molar-refractivity contribution < 1.29 is 4.79 Å². The highest BCUT2D eigenvalue weighted by molar-refractivity contribution is 8.26. The molecule has 8 heteroatoms. The molecule has 4 rings (SSSR count). The summed E-state index contributed by atoms with van der Waals surface area (Å²) in [5, 5.41) is 1.75. The number of hydrogen-bond donors (Lipinski definition) is 0. The predicted molar refractivity (Wildman–Crippen MR) is 102 cm³/mol. The Kier molecular flexibility index (Phi) is 3.76. The van der Waals surface area contributed by atoms with Crippen LogP contribution in [0.4, 0.5) is 0 Å². The van der Waals surface area contributed by atoms with Crippen LogP contribution in [0.5, 0.6) is 0 Å². The topological polar surface area (TPSA) is 46.1 Å². The lowest BCUT2D eigenvalue weighted by Crippen LogP contribution is -2.22. The van der Waals surface area contributed by atoms with E-state index in [4.69, 9.17) is 12.2 Å². The van der Waals surface area contributed by atoms with Crippen molar-refractivity contribution in [2.75, 3.05) is 7.05 Å². The van der Waals surface area contributed by atoms with Crippen LogP contribution in [0, 0.1) is 0 Å². The van der Waals surface area contributed by atoms with E-state index < -0.39 is 0 Å². The normalized spacial score (nSPS) is 16.9. The Hall–Kier alpha value is -1.61. The number of thiazole rings is 2. The maximum absolute atomic E-state index is 12.0. The van der Waals surface area contributed by atoms with Crippen molar-refractivity contribution in [2.24, 2.45) is 0 Å². The maximum Gasteiger partial charge on any atom is 0.266 e. The fraction of sp³-hybridized carbons (Fsp3) is 0.0667. The largest absolute Gasteiger partial charge is 0.296 e. The van der Waals surface area contributed by atoms with Crippen LogP contribution in [0.3, 0.4) is 0 Å². The van der Waals surface area contributed by atoms with Gasteiger partial charge in [-0.1, -0.05) is 77.0 Å². The number of carbonyl (C=O) groups is 1. The summed E-state index contributed by atoms with van der Waals surface area (Å²) >= 11 is 9.49. The molecule has 23 heavy (non-hydrogen) atoms. The molecule has 1 aromatic carbocycles. The van der Waals surface area contributed by atoms with E-state index in [2.05, 4.69) is 9.97 Å². The van der Waals surface area contributed by atoms with Crippen LogP contribution >= 0.6 is 46.7 Å². The molecule has 3 heterocycles. The third-order valence-corrected chi connectivity index (χ3v) is 6.76. The Morgan fingerprint density at radius 1 is 1.13 bits per heavy atom. The molecule has 3 aromatic rings. The molecule has 0 N–H and O–H groups in total. The third-order valence-electron chi connectivity index (χ3n) is 3.25. The third kappa shape index (κ3) is 2.72. The van der Waals surface area contributed by atoms with E-state index in [1.54, 1.807) is 24.5 Å². The average molecular weight is 376 g/mol. The van der Waals surface area contributed by atoms with E-state index in [0.717, 1.165) is 25.2 Å². The van der Waals surface area contributed by atoms with Crippen molar-refractivity contribution in [2.45, 2.75) is 0 Å². The molecular weight excluding hydrogens is 366 g/mol. The first-order valence-corrected chi connectivity index (χ1v) is 9.52. The number of thioether (sulfide) groups is 1. The number of amides is 1. The molecule has 2 aromatic heterocycles. The first-order valence-electron chi connectivity index (χ1n) is 6.66. The number of thiocarbonyl (C=S) groups is 1. The molecule has 0 spiro atoms. The van der Waals surface area contributed by atoms with E-state index in [9.17, 15) is 4.79 Å². The van der Waals surface area contributed by atoms with Crippen molar-refractivity contribution in [3.63, 3.8) is 0 Å². The van der Waals surface area contributed by atoms with Gasteiger partial charge >= 0.3 is 0 Å². The molecule has 1 aliphatic rings. The van der Waals surface area contributed by atoms with Gasteiger partial charge in [-0.2, -0.15) is 0 Å². The summed E-state index contributed by atoms with van der Waals surface area (Å²) in [6.07, 6.45) is 1.80. The maximum atomic E-state index is 12.0. The summed E-state index contributed by atoms with van der Waals surface area (Å²) in [5.74, 6) is -0.0727. The Morgan fingerprint density at radius 2 is 1.87 bits per heavy atom. The summed E-state index contributed by atoms with van der Waals surface area (Å²) < 4.78 is 0.573. The SMILES string of the molecule is CN1C(=O)/C(=C\c2nc3sc(-c4ccccc4)nc3s2)SC1=S. The molecule has 114 valence electrons. The van der Waals surface area contributed by atoms with Gasteiger partial charge in [0.2, 0.25) is 0 Å². The van der Waals surface area contributed by atoms with Crippen molar-refractivity contribution in [1.82, 2.24) is 14.9 Å². The van der Waals surface area contributed by atoms with Gasteiger partial charge in [0.1, 0.15) is 14.3 Å². The van der Waals surface area contributed by atoms with Crippen molar-refractivity contribution in [3.8, 4) is 10.6 Å². The first kappa shape index (κ1) is 14.9. The summed E-state index contributed by atoms with van der Waals surface area (Å²) in [4.78, 5) is 25.1. The monoisotopic (exact) mass is 375 g/mol. The molecule has 4 nitrogen and oxygen atoms in total. The summed E-state index contributed by atoms with van der Waals surface area (Å²) in [6.45, 7) is 0. The van der Waals surface area contributed by atoms with Gasteiger partial charge in [-0.05, 0) is 6.08 Å². The van der Waals surface area contributed by atoms with Gasteiger partial charge in [-0.25, -0.2) is 9.97 Å². The number of hydrogen-bond acceptors (Lipinski definition) is 7. The molecule has 1 saturated heterocycles. The van der Waals surface area contributed by atoms with Crippen molar-refractivity contribution in [1.29, 1.82) is 0 Å². The highest BCUT2D eigenvalue weighted by atomic mass is 32.2. The molecule has 1 aliphatic heterocycles. The Labute approximate surface area is 149 Å². The molecule has 0 radical (unpaired) electrons. The molecule has 0 bridgehead atoms. The second-order valence-corrected chi connectivity index (χ2v) is 8.45. The quantitative estimate of drug-likeness (QED) is 0.495. The van der Waals surface area contributed by atoms with Crippen LogP contribution in [0.2, 0.25) is 0 Å². The average Bonchev–Trinajstić information content (AvgIpc) is 3.17. The number of rotatable bonds is 2. The standard InChI is InChI=1S/C15H9N3OS4/c1-18-14(19)9(21-15(18)20)7-10-16-12-13(22-10)17-11(23-12)8-5-3-2-4-6-8/h2-7H,1H3/b9-7+. The fourth-order valence-corrected chi connectivity index (χ4v) is 5.31. The van der Waals surface area contributed by atoms with E-state index in [1.165, 1.54) is 28.0 Å². The van der Waals surface area contributed by atoms with Crippen LogP contribution in [0.1, 0.15) is 5.01 Å². The number of likely N-dealkylation sites (N-methyl/N-ethyl adjacent to an activating group) is 1. The molecule has 1 fully saturated rings. The second kappa shape index (κ2) is 5.79. The number of aromatic nitrogens is 2. The highest BCUT2D eigenvalue weighted by Crippen LogP contribution is 2.36. The number of carbonyl (C=O) groups excluding carboxylic acids is 1. The Bertz CT molecular complexity index is 926. The zero-order valence-electron chi connectivity index (χ0n) is 11.8. The molecule has 0 aliphatic carbocycles. The zero-order chi connectivity index (χ0) is 16.0. The van der Waals surface area contributed by atoms with Crippen molar-refractivity contribution >= 4 is 72.6 Å². The van der Waals surface area contributed by atoms with E-state index >= 15 is 0 Å². The predicted octanol–water partition coefficient (Wildman–Crippen LogP) is 4.25. The van der Waals surface area contributed by atoms with Gasteiger partial charge in [0, 0.05) is 12.6 Å². The van der Waals surface area contributed by atoms with Gasteiger partial charge in [0.15, 0.2) is 9.66 Å². The van der Waals surface area contributed by atoms with Gasteiger partial charge in [-0.15, -0.1) is 0 Å². The van der Waals surface area contributed by atoms with E-state index in [1.807, 2.05) is 30.3 Å². The van der Waals surface area contributed by atoms with Gasteiger partial charge in [-0.3, -0.25) is 9.69 Å². The number of benzene rings is 1. The lowest BCUT2D eigenvalue weighted by atomic mass is 10.2. The summed E-state index contributed by atoms with van der Waals surface area (Å²) in [5.41, 5.74) is 1.09. The molecule has 0 atom stereocenters. The Morgan fingerprint density at radius 3 is 2.52 bits per heavy atom. The molecular formula is C15H9N3OS4. The molecule has 0 saturated carbocycles. The van der Waals surface area contributed by atoms with Crippen LogP contribution in [0.25, 0.3) is 26.3 Å². The lowest BCUT2D eigenvalue weighted by Gasteiger charge is -2.03. The van der Waals surface area contributed by atoms with E-state index in [0.29, 0.717) is 9.23 Å². The minimum absolute atomic E-state index is 0.0727. The van der Waals surface area contributed by atoms with Crippen LogP contribution in [-0.2, 0) is 4.79 Å². The van der Waals surface area contributed by atoms with Gasteiger partial charge < -0.3 is 0 Å². The molecule has 0 unspecified atom stereocenters. The fourth-order valence-electron chi connectivity index (χ4n) is 2.08. The molecule has 1 amide bonds. The number of nitrogens with zero attached hydrogens (tertiary/aromatic N) is 3. The number of fused-ring (bicyclic) bond motifs is 1. The second-order valence-electron chi connectivity index (χ2n) is 4.79. The smallest absolute Gasteiger partial charge is 0.266 e. The Balaban J connectivity index is 1.68. The minimum atomic E-state index is -0.0727. The lowest BCUT2D eigenvalue weighted by molar-refractivity contribution is -0.121. The highest BCUT2D eigenvalue weighted by Gasteiger charge is 2.29.